The van der Waals surface area contributed by atoms with Gasteiger partial charge in [0.1, 0.15) is 12.4 Å². The Labute approximate surface area is 166 Å². The van der Waals surface area contributed by atoms with E-state index in [1.807, 2.05) is 11.9 Å². The summed E-state index contributed by atoms with van der Waals surface area (Å²) >= 11 is 0. The van der Waals surface area contributed by atoms with E-state index in [1.165, 1.54) is 11.8 Å². The summed E-state index contributed by atoms with van der Waals surface area (Å²) in [5, 5.41) is 12.1. The fourth-order valence-electron chi connectivity index (χ4n) is 2.91. The predicted molar refractivity (Wildman–Crippen MR) is 104 cm³/mol. The molecule has 154 valence electrons. The summed E-state index contributed by atoms with van der Waals surface area (Å²) in [6.07, 6.45) is 0.0914. The number of hydrogen-bond acceptors (Lipinski definition) is 8. The second-order valence-electron chi connectivity index (χ2n) is 6.85. The number of nitrogens with zero attached hydrogens (tertiary/aromatic N) is 4. The summed E-state index contributed by atoms with van der Waals surface area (Å²) in [4.78, 5) is 39.3. The van der Waals surface area contributed by atoms with Gasteiger partial charge in [-0.05, 0) is 28.5 Å². The maximum atomic E-state index is 12.5. The van der Waals surface area contributed by atoms with Gasteiger partial charge in [-0.3, -0.25) is 14.4 Å². The Morgan fingerprint density at radius 3 is 2.55 bits per heavy atom. The van der Waals surface area contributed by atoms with Crippen LogP contribution in [0.15, 0.2) is 22.8 Å². The number of rotatable bonds is 5. The molecule has 0 spiro atoms. The molecule has 2 heterocycles. The van der Waals surface area contributed by atoms with E-state index >= 15 is 0 Å². The van der Waals surface area contributed by atoms with E-state index in [4.69, 9.17) is 4.74 Å². The first-order valence-electron chi connectivity index (χ1n) is 8.87. The van der Waals surface area contributed by atoms with Crippen molar-refractivity contribution < 1.29 is 23.7 Å². The van der Waals surface area contributed by atoms with Gasteiger partial charge in [0.2, 0.25) is 23.5 Å². The zero-order valence-corrected chi connectivity index (χ0v) is 16.6. The van der Waals surface area contributed by atoms with Gasteiger partial charge in [0.25, 0.3) is 5.91 Å². The molecule has 1 aliphatic heterocycles. The Balaban J connectivity index is 1.70. The molecule has 0 saturated carbocycles. The molecule has 3 rings (SSSR count). The zero-order valence-electron chi connectivity index (χ0n) is 16.6. The normalized spacial score (nSPS) is 15.2. The highest BCUT2D eigenvalue weighted by Gasteiger charge is 2.28. The van der Waals surface area contributed by atoms with Gasteiger partial charge in [-0.25, -0.2) is 4.63 Å². The molecule has 0 saturated heterocycles. The van der Waals surface area contributed by atoms with Crippen molar-refractivity contribution in [2.45, 2.75) is 19.4 Å². The molecule has 1 aromatic carbocycles. The van der Waals surface area contributed by atoms with Crippen LogP contribution in [0.4, 0.5) is 17.3 Å². The molecule has 0 bridgehead atoms. The first-order valence-corrected chi connectivity index (χ1v) is 8.87. The largest absolute Gasteiger partial charge is 0.489 e. The highest BCUT2D eigenvalue weighted by atomic mass is 16.6. The summed E-state index contributed by atoms with van der Waals surface area (Å²) in [5.74, 6) is -0.119. The lowest BCUT2D eigenvalue weighted by Gasteiger charge is -2.35. The second kappa shape index (κ2) is 8.17. The van der Waals surface area contributed by atoms with Crippen molar-refractivity contribution in [1.29, 1.82) is 0 Å². The molecule has 1 unspecified atom stereocenters. The Hall–Kier alpha value is -3.63. The number of nitrogens with one attached hydrogen (secondary N) is 2. The first kappa shape index (κ1) is 20.1. The van der Waals surface area contributed by atoms with Crippen molar-refractivity contribution in [3.05, 3.63) is 23.8 Å². The number of carbonyl (C=O) groups excluding carboxylic acids is 3. The monoisotopic (exact) mass is 402 g/mol. The van der Waals surface area contributed by atoms with Crippen molar-refractivity contribution in [2.24, 2.45) is 0 Å². The van der Waals surface area contributed by atoms with E-state index in [2.05, 4.69) is 25.6 Å². The topological polar surface area (TPSA) is 130 Å². The summed E-state index contributed by atoms with van der Waals surface area (Å²) in [6, 6.07) is 4.94. The van der Waals surface area contributed by atoms with Crippen molar-refractivity contribution in [3.8, 4) is 5.75 Å². The average molecular weight is 402 g/mol. The van der Waals surface area contributed by atoms with Gasteiger partial charge in [0.15, 0.2) is 0 Å². The van der Waals surface area contributed by atoms with E-state index in [1.54, 1.807) is 32.3 Å². The van der Waals surface area contributed by atoms with Crippen LogP contribution in [0, 0.1) is 0 Å². The Bertz CT molecular complexity index is 941. The number of ether oxygens (including phenoxy) is 1. The number of carbonyl (C=O) groups is 3. The van der Waals surface area contributed by atoms with Gasteiger partial charge >= 0.3 is 0 Å². The highest BCUT2D eigenvalue weighted by Crippen LogP contribution is 2.34. The van der Waals surface area contributed by atoms with Gasteiger partial charge < -0.3 is 25.2 Å². The first-order chi connectivity index (χ1) is 13.8. The predicted octanol–water partition coefficient (Wildman–Crippen LogP) is 0.956. The number of likely N-dealkylation sites (N-methyl/N-ethyl adjacent to an activating group) is 1. The van der Waals surface area contributed by atoms with E-state index < -0.39 is 0 Å². The molecule has 29 heavy (non-hydrogen) atoms. The van der Waals surface area contributed by atoms with Gasteiger partial charge in [-0.15, -0.1) is 0 Å². The number of anilines is 3. The molecular weight excluding hydrogens is 380 g/mol. The van der Waals surface area contributed by atoms with Gasteiger partial charge in [-0.2, -0.15) is 0 Å². The molecular formula is C18H22N6O5. The van der Waals surface area contributed by atoms with Crippen LogP contribution < -0.4 is 20.3 Å². The SMILES string of the molecule is CC(=O)Nc1nonc1NC(=O)CC1COc2ccc(C(=O)N(C)C)cc2N1C. The van der Waals surface area contributed by atoms with Crippen LogP contribution in [-0.2, 0) is 9.59 Å². The summed E-state index contributed by atoms with van der Waals surface area (Å²) in [7, 11) is 5.20. The fraction of sp³-hybridized carbons (Fsp3) is 0.389. The van der Waals surface area contributed by atoms with E-state index in [-0.39, 0.29) is 41.8 Å². The van der Waals surface area contributed by atoms with Gasteiger partial charge in [0.05, 0.1) is 18.2 Å². The van der Waals surface area contributed by atoms with Crippen molar-refractivity contribution >= 4 is 35.0 Å². The highest BCUT2D eigenvalue weighted by molar-refractivity contribution is 5.97. The lowest BCUT2D eigenvalue weighted by Crippen LogP contribution is -2.42. The molecule has 1 atom stereocenters. The van der Waals surface area contributed by atoms with Crippen molar-refractivity contribution in [2.75, 3.05) is 43.3 Å². The van der Waals surface area contributed by atoms with Gasteiger partial charge in [0, 0.05) is 33.6 Å². The molecule has 0 radical (unpaired) electrons. The maximum Gasteiger partial charge on any atom is 0.253 e. The smallest absolute Gasteiger partial charge is 0.253 e. The Morgan fingerprint density at radius 2 is 1.90 bits per heavy atom. The van der Waals surface area contributed by atoms with Crippen molar-refractivity contribution in [3.63, 3.8) is 0 Å². The van der Waals surface area contributed by atoms with E-state index in [9.17, 15) is 14.4 Å². The Kier molecular flexibility index (Phi) is 5.66. The standard InChI is InChI=1S/C18H22N6O5/c1-10(25)19-16-17(22-29-21-16)20-15(26)8-12-9-28-14-6-5-11(18(27)23(2)3)7-13(14)24(12)4/h5-7,12H,8-9H2,1-4H3,(H,19,21,25)(H,20,22,26). The third-order valence-corrected chi connectivity index (χ3v) is 4.43. The number of hydrogen-bond donors (Lipinski definition) is 2. The van der Waals surface area contributed by atoms with Crippen LogP contribution in [0.5, 0.6) is 5.75 Å². The zero-order chi connectivity index (χ0) is 21.1. The molecule has 1 aliphatic rings. The summed E-state index contributed by atoms with van der Waals surface area (Å²) < 4.78 is 10.3. The molecule has 1 aromatic heterocycles. The number of amides is 3. The van der Waals surface area contributed by atoms with Crippen LogP contribution in [0.3, 0.4) is 0 Å². The maximum absolute atomic E-state index is 12.5. The number of fused-ring (bicyclic) bond motifs is 1. The van der Waals surface area contributed by atoms with E-state index in [0.717, 1.165) is 5.69 Å². The quantitative estimate of drug-likeness (QED) is 0.756. The molecule has 2 aromatic rings. The molecule has 0 aliphatic carbocycles. The van der Waals surface area contributed by atoms with Crippen LogP contribution in [0.2, 0.25) is 0 Å². The minimum Gasteiger partial charge on any atom is -0.489 e. The third-order valence-electron chi connectivity index (χ3n) is 4.43. The molecule has 3 amide bonds. The third kappa shape index (κ3) is 4.45. The molecule has 2 N–H and O–H groups in total. The minimum atomic E-state index is -0.365. The lowest BCUT2D eigenvalue weighted by molar-refractivity contribution is -0.117. The summed E-state index contributed by atoms with van der Waals surface area (Å²) in [5.41, 5.74) is 1.26. The number of benzene rings is 1. The molecule has 11 heteroatoms. The average Bonchev–Trinajstić information content (AvgIpc) is 3.09. The molecule has 11 nitrogen and oxygen atoms in total. The van der Waals surface area contributed by atoms with Crippen LogP contribution in [0.25, 0.3) is 0 Å². The Morgan fingerprint density at radius 1 is 1.21 bits per heavy atom. The molecule has 0 fully saturated rings. The lowest BCUT2D eigenvalue weighted by atomic mass is 10.1. The van der Waals surface area contributed by atoms with Crippen LogP contribution in [0.1, 0.15) is 23.7 Å². The fourth-order valence-corrected chi connectivity index (χ4v) is 2.91. The number of aromatic nitrogens is 2. The van der Waals surface area contributed by atoms with Gasteiger partial charge in [-0.1, -0.05) is 0 Å². The van der Waals surface area contributed by atoms with Crippen LogP contribution in [-0.4, -0.2) is 66.7 Å². The second-order valence-corrected chi connectivity index (χ2v) is 6.85. The van der Waals surface area contributed by atoms with Crippen molar-refractivity contribution in [1.82, 2.24) is 15.2 Å². The minimum absolute atomic E-state index is 0.0313. The van der Waals surface area contributed by atoms with E-state index in [0.29, 0.717) is 17.9 Å². The van der Waals surface area contributed by atoms with Crippen LogP contribution >= 0.6 is 0 Å². The summed E-state index contributed by atoms with van der Waals surface area (Å²) in [6.45, 7) is 1.61.